The number of thiophene rings is 1. The van der Waals surface area contributed by atoms with Crippen LogP contribution in [0, 0.1) is 32.1 Å². The highest BCUT2D eigenvalue weighted by atomic mass is 32.2. The van der Waals surface area contributed by atoms with Crippen LogP contribution in [0.3, 0.4) is 0 Å². The molecule has 0 amide bonds. The number of nitrogens with zero attached hydrogens (tertiary/aromatic N) is 1. The maximum Gasteiger partial charge on any atom is 0.264 e. The Morgan fingerprint density at radius 3 is 2.52 bits per heavy atom. The van der Waals surface area contributed by atoms with Gasteiger partial charge in [-0.3, -0.25) is 4.72 Å². The molecule has 0 bridgehead atoms. The topological polar surface area (TPSA) is 96.0 Å². The molecule has 21 heavy (non-hydrogen) atoms. The van der Waals surface area contributed by atoms with Gasteiger partial charge in [0.2, 0.25) is 0 Å². The largest absolute Gasteiger partial charge is 0.398 e. The summed E-state index contributed by atoms with van der Waals surface area (Å²) in [5.74, 6) is 0. The van der Waals surface area contributed by atoms with Gasteiger partial charge in [0.05, 0.1) is 11.3 Å². The Labute approximate surface area is 128 Å². The van der Waals surface area contributed by atoms with E-state index in [1.54, 1.807) is 19.1 Å². The minimum atomic E-state index is -3.81. The molecular formula is C14H15N3O2S2. The van der Waals surface area contributed by atoms with Gasteiger partial charge < -0.3 is 5.73 Å². The maximum atomic E-state index is 12.4. The number of hydrogen-bond donors (Lipinski definition) is 2. The molecular weight excluding hydrogens is 306 g/mol. The third kappa shape index (κ3) is 2.86. The van der Waals surface area contributed by atoms with Crippen molar-refractivity contribution in [2.24, 2.45) is 0 Å². The Bertz CT molecular complexity index is 846. The number of sulfonamides is 1. The number of rotatable bonds is 3. The Kier molecular flexibility index (Phi) is 3.94. The van der Waals surface area contributed by atoms with Gasteiger partial charge in [-0.1, -0.05) is 6.07 Å². The average molecular weight is 321 g/mol. The first-order valence-electron chi connectivity index (χ1n) is 6.15. The summed E-state index contributed by atoms with van der Waals surface area (Å²) in [6.45, 7) is 5.47. The lowest BCUT2D eigenvalue weighted by atomic mass is 10.2. The molecule has 0 fully saturated rings. The van der Waals surface area contributed by atoms with Crippen LogP contribution in [-0.4, -0.2) is 8.42 Å². The zero-order valence-corrected chi connectivity index (χ0v) is 13.5. The molecule has 1 aromatic carbocycles. The third-order valence-corrected chi connectivity index (χ3v) is 5.85. The van der Waals surface area contributed by atoms with Crippen LogP contribution in [0.4, 0.5) is 10.7 Å². The van der Waals surface area contributed by atoms with E-state index in [1.165, 1.54) is 17.4 Å². The number of aryl methyl sites for hydroxylation is 2. The van der Waals surface area contributed by atoms with E-state index in [-0.39, 0.29) is 10.6 Å². The molecule has 0 saturated heterocycles. The predicted octanol–water partition coefficient (Wildman–Crippen LogP) is 2.93. The van der Waals surface area contributed by atoms with Crippen molar-refractivity contribution in [3.63, 3.8) is 0 Å². The van der Waals surface area contributed by atoms with Crippen LogP contribution in [0.2, 0.25) is 0 Å². The highest BCUT2D eigenvalue weighted by Gasteiger charge is 2.21. The molecule has 0 radical (unpaired) electrons. The molecule has 0 saturated carbocycles. The molecule has 1 aromatic heterocycles. The highest BCUT2D eigenvalue weighted by Crippen LogP contribution is 2.34. The van der Waals surface area contributed by atoms with Gasteiger partial charge in [-0.15, -0.1) is 11.3 Å². The number of benzene rings is 1. The van der Waals surface area contributed by atoms with E-state index < -0.39 is 10.0 Å². The summed E-state index contributed by atoms with van der Waals surface area (Å²) in [7, 11) is -3.81. The minimum Gasteiger partial charge on any atom is -0.398 e. The first kappa shape index (κ1) is 15.4. The molecule has 110 valence electrons. The van der Waals surface area contributed by atoms with E-state index in [0.29, 0.717) is 10.6 Å². The van der Waals surface area contributed by atoms with Crippen LogP contribution in [-0.2, 0) is 10.0 Å². The van der Waals surface area contributed by atoms with Crippen molar-refractivity contribution in [2.45, 2.75) is 25.7 Å². The van der Waals surface area contributed by atoms with Crippen LogP contribution >= 0.6 is 11.3 Å². The quantitative estimate of drug-likeness (QED) is 0.849. The Hall–Kier alpha value is -2.04. The van der Waals surface area contributed by atoms with E-state index in [4.69, 9.17) is 11.0 Å². The summed E-state index contributed by atoms with van der Waals surface area (Å²) in [4.78, 5) is 0.918. The van der Waals surface area contributed by atoms with Gasteiger partial charge in [0.15, 0.2) is 0 Å². The number of anilines is 2. The van der Waals surface area contributed by atoms with Crippen LogP contribution in [0.5, 0.6) is 0 Å². The van der Waals surface area contributed by atoms with E-state index in [2.05, 4.69) is 4.72 Å². The van der Waals surface area contributed by atoms with Crippen molar-refractivity contribution in [3.8, 4) is 6.07 Å². The van der Waals surface area contributed by atoms with Crippen LogP contribution < -0.4 is 10.5 Å². The predicted molar refractivity (Wildman–Crippen MR) is 84.9 cm³/mol. The van der Waals surface area contributed by atoms with Gasteiger partial charge in [-0.05, 0) is 44.0 Å². The normalized spacial score (nSPS) is 11.1. The van der Waals surface area contributed by atoms with Crippen molar-refractivity contribution in [3.05, 3.63) is 39.8 Å². The second-order valence-electron chi connectivity index (χ2n) is 4.75. The van der Waals surface area contributed by atoms with Gasteiger partial charge in [0.1, 0.15) is 16.0 Å². The zero-order chi connectivity index (χ0) is 15.8. The summed E-state index contributed by atoms with van der Waals surface area (Å²) in [6, 6.07) is 6.78. The van der Waals surface area contributed by atoms with E-state index in [9.17, 15) is 8.42 Å². The lowest BCUT2D eigenvalue weighted by molar-refractivity contribution is 0.601. The summed E-state index contributed by atoms with van der Waals surface area (Å²) in [6.07, 6.45) is 0. The number of nitrogens with two attached hydrogens (primary N) is 1. The number of nitrogens with one attached hydrogen (secondary N) is 1. The SMILES string of the molecule is Cc1ccc(S(=O)(=O)Nc2sc(C)c(C)c2C#N)c(N)c1. The van der Waals surface area contributed by atoms with Crippen molar-refractivity contribution >= 4 is 32.0 Å². The van der Waals surface area contributed by atoms with Gasteiger partial charge in [0, 0.05) is 4.88 Å². The number of nitrogen functional groups attached to an aromatic ring is 1. The van der Waals surface area contributed by atoms with Crippen LogP contribution in [0.25, 0.3) is 0 Å². The highest BCUT2D eigenvalue weighted by molar-refractivity contribution is 7.93. The molecule has 0 aliphatic carbocycles. The van der Waals surface area contributed by atoms with Crippen molar-refractivity contribution in [2.75, 3.05) is 10.5 Å². The summed E-state index contributed by atoms with van der Waals surface area (Å²) in [5, 5.41) is 9.49. The standard InChI is InChI=1S/C14H15N3O2S2/c1-8-4-5-13(12(16)6-8)21(18,19)17-14-11(7-15)9(2)10(3)20-14/h4-6,17H,16H2,1-3H3. The Morgan fingerprint density at radius 1 is 1.29 bits per heavy atom. The molecule has 0 aliphatic heterocycles. The van der Waals surface area contributed by atoms with E-state index in [0.717, 1.165) is 16.0 Å². The molecule has 3 N–H and O–H groups in total. The zero-order valence-electron chi connectivity index (χ0n) is 11.9. The van der Waals surface area contributed by atoms with Gasteiger partial charge >= 0.3 is 0 Å². The second kappa shape index (κ2) is 5.39. The van der Waals surface area contributed by atoms with Gasteiger partial charge in [0.25, 0.3) is 10.0 Å². The van der Waals surface area contributed by atoms with E-state index >= 15 is 0 Å². The second-order valence-corrected chi connectivity index (χ2v) is 7.62. The summed E-state index contributed by atoms with van der Waals surface area (Å²) < 4.78 is 27.3. The Morgan fingerprint density at radius 2 is 1.95 bits per heavy atom. The van der Waals surface area contributed by atoms with Crippen molar-refractivity contribution < 1.29 is 8.42 Å². The van der Waals surface area contributed by atoms with Crippen molar-refractivity contribution in [1.82, 2.24) is 0 Å². The monoisotopic (exact) mass is 321 g/mol. The number of hydrogen-bond acceptors (Lipinski definition) is 5. The molecule has 0 unspecified atom stereocenters. The molecule has 0 aliphatic rings. The van der Waals surface area contributed by atoms with Crippen molar-refractivity contribution in [1.29, 1.82) is 5.26 Å². The summed E-state index contributed by atoms with van der Waals surface area (Å²) >= 11 is 1.24. The Balaban J connectivity index is 2.48. The fraction of sp³-hybridized carbons (Fsp3) is 0.214. The third-order valence-electron chi connectivity index (χ3n) is 3.18. The molecule has 0 atom stereocenters. The molecule has 2 rings (SSSR count). The van der Waals surface area contributed by atoms with E-state index in [1.807, 2.05) is 19.9 Å². The first-order chi connectivity index (χ1) is 9.76. The van der Waals surface area contributed by atoms with Gasteiger partial charge in [-0.2, -0.15) is 5.26 Å². The molecule has 0 spiro atoms. The lowest BCUT2D eigenvalue weighted by Gasteiger charge is -2.09. The minimum absolute atomic E-state index is 0.0145. The fourth-order valence-corrected chi connectivity index (χ4v) is 4.35. The maximum absolute atomic E-state index is 12.4. The average Bonchev–Trinajstić information content (AvgIpc) is 2.63. The fourth-order valence-electron chi connectivity index (χ4n) is 1.92. The first-order valence-corrected chi connectivity index (χ1v) is 8.45. The summed E-state index contributed by atoms with van der Waals surface area (Å²) in [5.41, 5.74) is 8.00. The van der Waals surface area contributed by atoms with Crippen LogP contribution in [0.1, 0.15) is 21.6 Å². The molecule has 7 heteroatoms. The number of nitriles is 1. The van der Waals surface area contributed by atoms with Crippen LogP contribution in [0.15, 0.2) is 23.1 Å². The van der Waals surface area contributed by atoms with Gasteiger partial charge in [-0.25, -0.2) is 8.42 Å². The lowest BCUT2D eigenvalue weighted by Crippen LogP contribution is -2.14. The molecule has 2 aromatic rings. The smallest absolute Gasteiger partial charge is 0.264 e. The molecule has 1 heterocycles. The molecule has 5 nitrogen and oxygen atoms in total.